The van der Waals surface area contributed by atoms with Crippen LogP contribution in [0.25, 0.3) is 0 Å². The van der Waals surface area contributed by atoms with Crippen LogP contribution in [0.5, 0.6) is 40.2 Å². The van der Waals surface area contributed by atoms with Crippen molar-refractivity contribution in [3.63, 3.8) is 0 Å². The Labute approximate surface area is 261 Å². The molecule has 45 heavy (non-hydrogen) atoms. The maximum atomic E-state index is 11.2. The smallest absolute Gasteiger partial charge is 0.308 e. The summed E-state index contributed by atoms with van der Waals surface area (Å²) in [6.45, 7) is 5.90. The van der Waals surface area contributed by atoms with Gasteiger partial charge in [-0.1, -0.05) is 6.07 Å². The molecule has 4 aromatic carbocycles. The fourth-order valence-corrected chi connectivity index (χ4v) is 4.60. The van der Waals surface area contributed by atoms with E-state index in [0.29, 0.717) is 42.9 Å². The van der Waals surface area contributed by atoms with E-state index in [1.807, 2.05) is 19.1 Å². The second-order valence-corrected chi connectivity index (χ2v) is 10.5. The van der Waals surface area contributed by atoms with Crippen LogP contribution in [0, 0.1) is 6.92 Å². The van der Waals surface area contributed by atoms with E-state index in [0.717, 1.165) is 27.8 Å². The second kappa shape index (κ2) is 15.8. The van der Waals surface area contributed by atoms with Gasteiger partial charge < -0.3 is 34.6 Å². The lowest BCUT2D eigenvalue weighted by Crippen LogP contribution is -2.05. The summed E-state index contributed by atoms with van der Waals surface area (Å²) in [6.07, 6.45) is 2.46. The molecule has 4 N–H and O–H groups in total. The largest absolute Gasteiger partial charge is 0.508 e. The van der Waals surface area contributed by atoms with Crippen molar-refractivity contribution in [1.29, 1.82) is 0 Å². The zero-order valence-electron chi connectivity index (χ0n) is 25.5. The van der Waals surface area contributed by atoms with Gasteiger partial charge in [-0.25, -0.2) is 0 Å². The van der Waals surface area contributed by atoms with Gasteiger partial charge in [0, 0.05) is 39.0 Å². The molecule has 4 aromatic rings. The Morgan fingerprint density at radius 2 is 0.733 bits per heavy atom. The van der Waals surface area contributed by atoms with Gasteiger partial charge in [-0.3, -0.25) is 14.4 Å². The molecule has 0 aliphatic heterocycles. The summed E-state index contributed by atoms with van der Waals surface area (Å²) in [5.74, 6) is -0.0584. The van der Waals surface area contributed by atoms with Crippen LogP contribution >= 0.6 is 0 Å². The molecule has 0 bridgehead atoms. The van der Waals surface area contributed by atoms with Crippen molar-refractivity contribution < 1.29 is 49.0 Å². The number of hydrogen-bond donors (Lipinski definition) is 4. The van der Waals surface area contributed by atoms with Crippen molar-refractivity contribution in [3.8, 4) is 40.2 Å². The minimum atomic E-state index is -0.453. The highest BCUT2D eigenvalue weighted by Gasteiger charge is 2.09. The Bertz CT molecular complexity index is 1550. The Morgan fingerprint density at radius 3 is 1.07 bits per heavy atom. The summed E-state index contributed by atoms with van der Waals surface area (Å²) in [5, 5.41) is 37.4. The Hall–Kier alpha value is -5.51. The summed E-state index contributed by atoms with van der Waals surface area (Å²) < 4.78 is 15.4. The SMILES string of the molecule is CC(=O)Oc1cc(C)cc(CCc2cc(OC(C)=O)cc(OC(C)=O)c2)c1.Oc1cc(O)cc(CCc2cc(O)cc(O)c2)c1. The average Bonchev–Trinajstić information content (AvgIpc) is 2.88. The van der Waals surface area contributed by atoms with Gasteiger partial charge in [0.1, 0.15) is 40.2 Å². The third kappa shape index (κ3) is 12.3. The molecule has 236 valence electrons. The first kappa shape index (κ1) is 34.0. The van der Waals surface area contributed by atoms with E-state index in [2.05, 4.69) is 0 Å². The standard InChI is InChI=1S/C21H22O6.C14H14O4/c1-13-7-17(9-19(8-13)25-14(2)22)5-6-18-10-20(26-15(3)23)12-21(11-18)27-16(4)24;15-11-3-9(4-12(16)7-11)1-2-10-5-13(17)8-14(18)6-10/h7-12H,5-6H2,1-4H3;3-8,15-18H,1-2H2. The molecule has 10 heteroatoms. The summed E-state index contributed by atoms with van der Waals surface area (Å²) >= 11 is 0. The lowest BCUT2D eigenvalue weighted by molar-refractivity contribution is -0.133. The fourth-order valence-electron chi connectivity index (χ4n) is 4.60. The van der Waals surface area contributed by atoms with E-state index in [1.54, 1.807) is 42.5 Å². The van der Waals surface area contributed by atoms with E-state index in [9.17, 15) is 34.8 Å². The molecule has 4 rings (SSSR count). The topological polar surface area (TPSA) is 160 Å². The maximum Gasteiger partial charge on any atom is 0.308 e. The molecule has 0 aromatic heterocycles. The molecule has 0 aliphatic rings. The first-order valence-electron chi connectivity index (χ1n) is 14.1. The minimum Gasteiger partial charge on any atom is -0.508 e. The number of carbonyl (C=O) groups is 3. The van der Waals surface area contributed by atoms with Gasteiger partial charge >= 0.3 is 17.9 Å². The normalized spacial score (nSPS) is 10.3. The summed E-state index contributed by atoms with van der Waals surface area (Å²) in [6, 6.07) is 19.4. The fraction of sp³-hybridized carbons (Fsp3) is 0.229. The molecule has 0 saturated heterocycles. The number of phenolic OH excluding ortho intramolecular Hbond substituents is 4. The Kier molecular flexibility index (Phi) is 11.9. The van der Waals surface area contributed by atoms with Gasteiger partial charge in [-0.2, -0.15) is 0 Å². The van der Waals surface area contributed by atoms with Crippen LogP contribution in [-0.2, 0) is 40.1 Å². The highest BCUT2D eigenvalue weighted by molar-refractivity contribution is 5.71. The predicted octanol–water partition coefficient (Wildman–Crippen LogP) is 5.85. The number of phenols is 4. The van der Waals surface area contributed by atoms with Gasteiger partial charge in [0.05, 0.1) is 0 Å². The third-order valence-electron chi connectivity index (χ3n) is 6.16. The molecular weight excluding hydrogens is 580 g/mol. The number of carbonyl (C=O) groups excluding carboxylic acids is 3. The monoisotopic (exact) mass is 616 g/mol. The van der Waals surface area contributed by atoms with E-state index in [1.165, 1.54) is 39.0 Å². The first-order valence-corrected chi connectivity index (χ1v) is 14.1. The molecule has 0 aliphatic carbocycles. The number of ether oxygens (including phenoxy) is 3. The highest BCUT2D eigenvalue weighted by atomic mass is 16.5. The molecule has 0 unspecified atom stereocenters. The molecule has 0 atom stereocenters. The average molecular weight is 617 g/mol. The van der Waals surface area contributed by atoms with Crippen LogP contribution < -0.4 is 14.2 Å². The quantitative estimate of drug-likeness (QED) is 0.133. The van der Waals surface area contributed by atoms with Gasteiger partial charge in [-0.05, 0) is 109 Å². The van der Waals surface area contributed by atoms with Gasteiger partial charge in [0.25, 0.3) is 0 Å². The minimum absolute atomic E-state index is 0.0174. The lowest BCUT2D eigenvalue weighted by atomic mass is 10.0. The van der Waals surface area contributed by atoms with E-state index >= 15 is 0 Å². The number of esters is 3. The van der Waals surface area contributed by atoms with E-state index in [-0.39, 0.29) is 29.0 Å². The zero-order valence-corrected chi connectivity index (χ0v) is 25.5. The molecule has 0 amide bonds. The number of benzene rings is 4. The third-order valence-corrected chi connectivity index (χ3v) is 6.16. The molecule has 0 heterocycles. The predicted molar refractivity (Wildman–Crippen MR) is 166 cm³/mol. The number of aryl methyl sites for hydroxylation is 5. The number of aromatic hydroxyl groups is 4. The van der Waals surface area contributed by atoms with Crippen LogP contribution in [0.2, 0.25) is 0 Å². The molecule has 0 spiro atoms. The van der Waals surface area contributed by atoms with Crippen LogP contribution in [0.3, 0.4) is 0 Å². The van der Waals surface area contributed by atoms with Gasteiger partial charge in [-0.15, -0.1) is 0 Å². The molecular formula is C35H36O10. The van der Waals surface area contributed by atoms with Crippen molar-refractivity contribution in [2.45, 2.75) is 53.4 Å². The second-order valence-electron chi connectivity index (χ2n) is 10.5. The summed E-state index contributed by atoms with van der Waals surface area (Å²) in [4.78, 5) is 33.6. The number of rotatable bonds is 9. The lowest BCUT2D eigenvalue weighted by Gasteiger charge is -2.10. The van der Waals surface area contributed by atoms with E-state index in [4.69, 9.17) is 14.2 Å². The van der Waals surface area contributed by atoms with Crippen molar-refractivity contribution in [1.82, 2.24) is 0 Å². The van der Waals surface area contributed by atoms with Crippen molar-refractivity contribution in [3.05, 3.63) is 101 Å². The van der Waals surface area contributed by atoms with Crippen molar-refractivity contribution in [2.75, 3.05) is 0 Å². The Morgan fingerprint density at radius 1 is 0.444 bits per heavy atom. The van der Waals surface area contributed by atoms with Crippen molar-refractivity contribution in [2.24, 2.45) is 0 Å². The molecule has 10 nitrogen and oxygen atoms in total. The zero-order chi connectivity index (χ0) is 33.1. The summed E-state index contributed by atoms with van der Waals surface area (Å²) in [7, 11) is 0. The Balaban J connectivity index is 0.000000265. The van der Waals surface area contributed by atoms with Gasteiger partial charge in [0.15, 0.2) is 0 Å². The van der Waals surface area contributed by atoms with Crippen LogP contribution in [0.1, 0.15) is 48.6 Å². The molecule has 0 saturated carbocycles. The summed E-state index contributed by atoms with van der Waals surface area (Å²) in [5.41, 5.74) is 4.40. The van der Waals surface area contributed by atoms with Crippen LogP contribution in [0.15, 0.2) is 72.8 Å². The molecule has 0 fully saturated rings. The van der Waals surface area contributed by atoms with Crippen molar-refractivity contribution >= 4 is 17.9 Å². The van der Waals surface area contributed by atoms with Crippen LogP contribution in [-0.4, -0.2) is 38.3 Å². The van der Waals surface area contributed by atoms with Gasteiger partial charge in [0.2, 0.25) is 0 Å². The maximum absolute atomic E-state index is 11.2. The molecule has 0 radical (unpaired) electrons. The highest BCUT2D eigenvalue weighted by Crippen LogP contribution is 2.26. The number of hydrogen-bond acceptors (Lipinski definition) is 10. The van der Waals surface area contributed by atoms with Crippen LogP contribution in [0.4, 0.5) is 0 Å². The van der Waals surface area contributed by atoms with E-state index < -0.39 is 11.9 Å². The first-order chi connectivity index (χ1) is 21.2.